The highest BCUT2D eigenvalue weighted by Crippen LogP contribution is 2.36. The van der Waals surface area contributed by atoms with Crippen LogP contribution in [0.25, 0.3) is 33.2 Å². The molecule has 8 heteroatoms. The fraction of sp³-hybridized carbons (Fsp3) is 0.375. The quantitative estimate of drug-likeness (QED) is 0.502. The Morgan fingerprint density at radius 2 is 2.06 bits per heavy atom. The van der Waals surface area contributed by atoms with E-state index in [9.17, 15) is 9.50 Å². The van der Waals surface area contributed by atoms with Crippen LogP contribution in [-0.2, 0) is 7.05 Å². The molecule has 32 heavy (non-hydrogen) atoms. The minimum atomic E-state index is -0.741. The average molecular weight is 433 g/mol. The molecule has 3 heterocycles. The van der Waals surface area contributed by atoms with Crippen LogP contribution in [0.15, 0.2) is 36.7 Å². The molecule has 4 aromatic rings. The van der Waals surface area contributed by atoms with E-state index in [2.05, 4.69) is 37.4 Å². The van der Waals surface area contributed by atoms with Crippen molar-refractivity contribution in [3.8, 4) is 17.0 Å². The number of nitrogens with zero attached hydrogens (tertiary/aromatic N) is 5. The molecule has 2 aromatic carbocycles. The molecule has 164 valence electrons. The van der Waals surface area contributed by atoms with E-state index in [1.54, 1.807) is 25.5 Å². The van der Waals surface area contributed by atoms with Gasteiger partial charge in [0.15, 0.2) is 11.6 Å². The first-order valence-electron chi connectivity index (χ1n) is 11.2. The van der Waals surface area contributed by atoms with Gasteiger partial charge in [-0.05, 0) is 56.0 Å². The van der Waals surface area contributed by atoms with Crippen LogP contribution in [0.1, 0.15) is 19.3 Å². The predicted octanol–water partition coefficient (Wildman–Crippen LogP) is 3.61. The van der Waals surface area contributed by atoms with Gasteiger partial charge in [-0.25, -0.2) is 9.37 Å². The molecule has 0 spiro atoms. The zero-order valence-electron chi connectivity index (χ0n) is 17.9. The van der Waals surface area contributed by atoms with Crippen molar-refractivity contribution in [2.24, 2.45) is 13.0 Å². The predicted molar refractivity (Wildman–Crippen MR) is 122 cm³/mol. The summed E-state index contributed by atoms with van der Waals surface area (Å²) in [7, 11) is 1.72. The first kappa shape index (κ1) is 19.4. The fourth-order valence-corrected chi connectivity index (χ4v) is 4.57. The molecule has 6 rings (SSSR count). The van der Waals surface area contributed by atoms with Gasteiger partial charge in [-0.1, -0.05) is 0 Å². The normalized spacial score (nSPS) is 18.8. The molecule has 1 saturated heterocycles. The lowest BCUT2D eigenvalue weighted by Crippen LogP contribution is -2.33. The third-order valence-electron chi connectivity index (χ3n) is 6.58. The van der Waals surface area contributed by atoms with E-state index >= 15 is 0 Å². The summed E-state index contributed by atoms with van der Waals surface area (Å²) in [6.45, 7) is 3.17. The second-order valence-electron chi connectivity index (χ2n) is 9.04. The van der Waals surface area contributed by atoms with Gasteiger partial charge in [0.05, 0.1) is 22.9 Å². The Morgan fingerprint density at radius 1 is 1.19 bits per heavy atom. The number of phenols is 1. The fourth-order valence-electron chi connectivity index (χ4n) is 4.57. The number of hydrogen-bond donors (Lipinski definition) is 2. The number of rotatable bonds is 5. The number of nitrogens with one attached hydrogen (secondary N) is 1. The van der Waals surface area contributed by atoms with Crippen molar-refractivity contribution in [1.82, 2.24) is 25.1 Å². The summed E-state index contributed by atoms with van der Waals surface area (Å²) in [5, 5.41) is 18.8. The summed E-state index contributed by atoms with van der Waals surface area (Å²) in [6.07, 6.45) is 7.19. The van der Waals surface area contributed by atoms with E-state index in [4.69, 9.17) is 0 Å². The van der Waals surface area contributed by atoms with Crippen LogP contribution < -0.4 is 10.2 Å². The number of hydrogen-bond acceptors (Lipinski definition) is 6. The maximum Gasteiger partial charge on any atom is 0.193 e. The SMILES string of the molecule is Cn1cc2cc(-c3cnc4cc(N5CCC(NCC6CC6)C5)ccc4n3)c(O)c(F)c2n1. The van der Waals surface area contributed by atoms with Gasteiger partial charge in [-0.2, -0.15) is 5.10 Å². The summed E-state index contributed by atoms with van der Waals surface area (Å²) in [5.41, 5.74) is 3.51. The van der Waals surface area contributed by atoms with Gasteiger partial charge in [-0.15, -0.1) is 0 Å². The Morgan fingerprint density at radius 3 is 2.91 bits per heavy atom. The molecule has 0 amide bonds. The van der Waals surface area contributed by atoms with E-state index in [0.717, 1.165) is 43.2 Å². The Kier molecular flexibility index (Phi) is 4.50. The highest BCUT2D eigenvalue weighted by molar-refractivity contribution is 5.89. The molecule has 1 atom stereocenters. The standard InChI is InChI=1S/C24H25FN6O/c1-30-12-15-8-18(24(32)22(25)23(15)29-30)21-11-27-20-9-17(4-5-19(20)28-21)31-7-6-16(13-31)26-10-14-2-3-14/h4-5,8-9,11-12,14,16,26,32H,2-3,6-7,10,13H2,1H3. The Bertz CT molecular complexity index is 1330. The summed E-state index contributed by atoms with van der Waals surface area (Å²) in [6, 6.07) is 8.31. The van der Waals surface area contributed by atoms with Crippen LogP contribution in [0.2, 0.25) is 0 Å². The van der Waals surface area contributed by atoms with E-state index in [0.29, 0.717) is 28.2 Å². The van der Waals surface area contributed by atoms with Gasteiger partial charge in [0.1, 0.15) is 5.52 Å². The maximum absolute atomic E-state index is 14.6. The van der Waals surface area contributed by atoms with E-state index < -0.39 is 11.6 Å². The third-order valence-corrected chi connectivity index (χ3v) is 6.58. The average Bonchev–Trinajstić information content (AvgIpc) is 3.37. The first-order valence-corrected chi connectivity index (χ1v) is 11.2. The van der Waals surface area contributed by atoms with Crippen molar-refractivity contribution in [1.29, 1.82) is 0 Å². The van der Waals surface area contributed by atoms with Gasteiger partial charge in [-0.3, -0.25) is 9.67 Å². The van der Waals surface area contributed by atoms with Crippen LogP contribution in [0.4, 0.5) is 10.1 Å². The topological polar surface area (TPSA) is 79.1 Å². The van der Waals surface area contributed by atoms with Crippen molar-refractivity contribution in [3.63, 3.8) is 0 Å². The van der Waals surface area contributed by atoms with Crippen molar-refractivity contribution in [2.45, 2.75) is 25.3 Å². The number of anilines is 1. The molecule has 1 aliphatic heterocycles. The van der Waals surface area contributed by atoms with Gasteiger partial charge in [0, 0.05) is 49.0 Å². The lowest BCUT2D eigenvalue weighted by Gasteiger charge is -2.19. The third kappa shape index (κ3) is 3.44. The smallest absolute Gasteiger partial charge is 0.193 e. The first-order chi connectivity index (χ1) is 15.5. The van der Waals surface area contributed by atoms with Gasteiger partial charge < -0.3 is 15.3 Å². The summed E-state index contributed by atoms with van der Waals surface area (Å²) in [4.78, 5) is 11.6. The largest absolute Gasteiger partial charge is 0.504 e. The Labute approximate surface area is 184 Å². The molecule has 0 radical (unpaired) electrons. The monoisotopic (exact) mass is 432 g/mol. The van der Waals surface area contributed by atoms with E-state index in [1.165, 1.54) is 17.5 Å². The molecule has 1 unspecified atom stereocenters. The van der Waals surface area contributed by atoms with Gasteiger partial charge >= 0.3 is 0 Å². The molecule has 7 nitrogen and oxygen atoms in total. The maximum atomic E-state index is 14.6. The van der Waals surface area contributed by atoms with Crippen LogP contribution in [0.5, 0.6) is 5.75 Å². The lowest BCUT2D eigenvalue weighted by molar-refractivity contribution is 0.437. The summed E-state index contributed by atoms with van der Waals surface area (Å²) in [5.74, 6) is -0.307. The van der Waals surface area contributed by atoms with Crippen LogP contribution in [0.3, 0.4) is 0 Å². The van der Waals surface area contributed by atoms with E-state index in [1.807, 2.05) is 6.07 Å². The van der Waals surface area contributed by atoms with Gasteiger partial charge in [0.2, 0.25) is 0 Å². The van der Waals surface area contributed by atoms with Crippen molar-refractivity contribution < 1.29 is 9.50 Å². The minimum Gasteiger partial charge on any atom is -0.504 e. The lowest BCUT2D eigenvalue weighted by atomic mass is 10.1. The zero-order chi connectivity index (χ0) is 21.8. The van der Waals surface area contributed by atoms with Crippen molar-refractivity contribution in [3.05, 3.63) is 42.5 Å². The van der Waals surface area contributed by atoms with Crippen molar-refractivity contribution >= 4 is 27.6 Å². The molecule has 1 saturated carbocycles. The number of fused-ring (bicyclic) bond motifs is 2. The number of halogens is 1. The number of benzene rings is 2. The van der Waals surface area contributed by atoms with Crippen LogP contribution in [-0.4, -0.2) is 50.5 Å². The number of aryl methyl sites for hydroxylation is 1. The molecule has 2 N–H and O–H groups in total. The number of aromatic hydroxyl groups is 1. The molecule has 1 aliphatic carbocycles. The highest BCUT2D eigenvalue weighted by Gasteiger charge is 2.26. The highest BCUT2D eigenvalue weighted by atomic mass is 19.1. The molecular weight excluding hydrogens is 407 g/mol. The summed E-state index contributed by atoms with van der Waals surface area (Å²) >= 11 is 0. The van der Waals surface area contributed by atoms with E-state index in [-0.39, 0.29) is 5.52 Å². The minimum absolute atomic E-state index is 0.141. The van der Waals surface area contributed by atoms with Gasteiger partial charge in [0.25, 0.3) is 0 Å². The Hall–Kier alpha value is -3.26. The Balaban J connectivity index is 1.28. The van der Waals surface area contributed by atoms with Crippen LogP contribution >= 0.6 is 0 Å². The second-order valence-corrected chi connectivity index (χ2v) is 9.04. The molecule has 2 aromatic heterocycles. The number of phenolic OH excluding ortho intramolecular Hbond substituents is 1. The van der Waals surface area contributed by atoms with Crippen molar-refractivity contribution in [2.75, 3.05) is 24.5 Å². The van der Waals surface area contributed by atoms with Crippen LogP contribution in [0, 0.1) is 11.7 Å². The second kappa shape index (κ2) is 7.41. The molecule has 0 bridgehead atoms. The number of aromatic nitrogens is 4. The summed E-state index contributed by atoms with van der Waals surface area (Å²) < 4.78 is 16.2. The molecule has 2 aliphatic rings. The zero-order valence-corrected chi connectivity index (χ0v) is 17.9. The molecule has 2 fully saturated rings. The molecular formula is C24H25FN6O.